The van der Waals surface area contributed by atoms with Crippen LogP contribution in [-0.4, -0.2) is 44.0 Å². The van der Waals surface area contributed by atoms with Gasteiger partial charge in [0.15, 0.2) is 11.5 Å². The lowest BCUT2D eigenvalue weighted by Crippen LogP contribution is -2.39. The molecule has 2 rings (SSSR count). The normalized spacial score (nSPS) is 10.2. The van der Waals surface area contributed by atoms with Gasteiger partial charge < -0.3 is 19.7 Å². The van der Waals surface area contributed by atoms with Crippen molar-refractivity contribution in [1.82, 2.24) is 10.2 Å². The topological polar surface area (TPSA) is 67.9 Å². The maximum absolute atomic E-state index is 12.4. The number of amides is 2. The van der Waals surface area contributed by atoms with Crippen LogP contribution in [0.25, 0.3) is 0 Å². The molecule has 1 aromatic carbocycles. The summed E-state index contributed by atoms with van der Waals surface area (Å²) in [6, 6.07) is 9.08. The summed E-state index contributed by atoms with van der Waals surface area (Å²) in [7, 11) is 3.15. The van der Waals surface area contributed by atoms with Gasteiger partial charge in [0.25, 0.3) is 5.91 Å². The molecule has 0 radical (unpaired) electrons. The Labute approximate surface area is 151 Å². The van der Waals surface area contributed by atoms with Crippen molar-refractivity contribution in [3.8, 4) is 11.5 Å². The first-order valence-corrected chi connectivity index (χ1v) is 8.77. The second-order valence-electron chi connectivity index (χ2n) is 5.26. The summed E-state index contributed by atoms with van der Waals surface area (Å²) < 4.78 is 10.5. The van der Waals surface area contributed by atoms with E-state index in [9.17, 15) is 9.59 Å². The van der Waals surface area contributed by atoms with Gasteiger partial charge >= 0.3 is 0 Å². The molecule has 0 aliphatic rings. The van der Waals surface area contributed by atoms with Gasteiger partial charge in [-0.25, -0.2) is 0 Å². The molecule has 0 saturated carbocycles. The number of hydrogen-bond acceptors (Lipinski definition) is 5. The number of benzene rings is 1. The van der Waals surface area contributed by atoms with Crippen molar-refractivity contribution in [3.05, 3.63) is 46.2 Å². The van der Waals surface area contributed by atoms with E-state index in [-0.39, 0.29) is 18.4 Å². The van der Waals surface area contributed by atoms with E-state index in [2.05, 4.69) is 5.32 Å². The van der Waals surface area contributed by atoms with Crippen molar-refractivity contribution in [2.75, 3.05) is 27.3 Å². The predicted molar refractivity (Wildman–Crippen MR) is 97.3 cm³/mol. The molecule has 6 nitrogen and oxygen atoms in total. The number of methoxy groups -OCH3 is 2. The molecule has 1 aromatic heterocycles. The van der Waals surface area contributed by atoms with E-state index >= 15 is 0 Å². The quantitative estimate of drug-likeness (QED) is 0.784. The predicted octanol–water partition coefficient (Wildman–Crippen LogP) is 2.54. The molecule has 0 saturated heterocycles. The Morgan fingerprint density at radius 3 is 2.52 bits per heavy atom. The largest absolute Gasteiger partial charge is 0.493 e. The fraction of sp³-hybridized carbons (Fsp3) is 0.333. The summed E-state index contributed by atoms with van der Waals surface area (Å²) in [6.45, 7) is 2.85. The van der Waals surface area contributed by atoms with E-state index in [0.29, 0.717) is 29.5 Å². The van der Waals surface area contributed by atoms with E-state index in [1.807, 2.05) is 30.5 Å². The Hall–Kier alpha value is -2.54. The van der Waals surface area contributed by atoms with E-state index in [1.54, 1.807) is 31.3 Å². The third kappa shape index (κ3) is 4.96. The molecule has 2 aromatic rings. The molecule has 0 spiro atoms. The molecule has 2 amide bonds. The first kappa shape index (κ1) is 18.8. The number of carbonyl (C=O) groups is 2. The zero-order valence-corrected chi connectivity index (χ0v) is 15.4. The van der Waals surface area contributed by atoms with Crippen LogP contribution in [0.5, 0.6) is 11.5 Å². The van der Waals surface area contributed by atoms with E-state index < -0.39 is 0 Å². The van der Waals surface area contributed by atoms with Gasteiger partial charge in [0.05, 0.1) is 25.6 Å². The highest BCUT2D eigenvalue weighted by molar-refractivity contribution is 7.12. The van der Waals surface area contributed by atoms with Crippen LogP contribution < -0.4 is 14.8 Å². The number of carbonyl (C=O) groups excluding carboxylic acids is 2. The van der Waals surface area contributed by atoms with Crippen LogP contribution in [0.4, 0.5) is 0 Å². The second-order valence-corrected chi connectivity index (χ2v) is 6.20. The third-order valence-electron chi connectivity index (χ3n) is 3.70. The third-order valence-corrected chi connectivity index (χ3v) is 4.57. The van der Waals surface area contributed by atoms with Gasteiger partial charge in [-0.1, -0.05) is 12.1 Å². The Morgan fingerprint density at radius 1 is 1.16 bits per heavy atom. The van der Waals surface area contributed by atoms with Crippen LogP contribution in [0.2, 0.25) is 0 Å². The Morgan fingerprint density at radius 2 is 1.92 bits per heavy atom. The lowest BCUT2D eigenvalue weighted by molar-refractivity contribution is -0.130. The minimum absolute atomic E-state index is 0.0299. The van der Waals surface area contributed by atoms with Crippen molar-refractivity contribution < 1.29 is 19.1 Å². The number of nitrogens with zero attached hydrogens (tertiary/aromatic N) is 1. The SMILES string of the molecule is CCN(Cc1ccc(OC)c(OC)c1)C(=O)CNC(=O)c1cccs1. The van der Waals surface area contributed by atoms with Crippen LogP contribution in [0.3, 0.4) is 0 Å². The molecule has 0 fully saturated rings. The molecule has 0 aliphatic carbocycles. The first-order chi connectivity index (χ1) is 12.1. The number of thiophene rings is 1. The highest BCUT2D eigenvalue weighted by Gasteiger charge is 2.15. The number of nitrogens with one attached hydrogen (secondary N) is 1. The smallest absolute Gasteiger partial charge is 0.261 e. The molecule has 7 heteroatoms. The Kier molecular flexibility index (Phi) is 6.82. The minimum Gasteiger partial charge on any atom is -0.493 e. The molecule has 134 valence electrons. The fourth-order valence-corrected chi connectivity index (χ4v) is 2.98. The van der Waals surface area contributed by atoms with Crippen molar-refractivity contribution in [2.24, 2.45) is 0 Å². The van der Waals surface area contributed by atoms with Gasteiger partial charge in [-0.3, -0.25) is 9.59 Å². The maximum Gasteiger partial charge on any atom is 0.261 e. The van der Waals surface area contributed by atoms with Crippen LogP contribution in [0.15, 0.2) is 35.7 Å². The summed E-state index contributed by atoms with van der Waals surface area (Å²) in [5.74, 6) is 0.894. The Balaban J connectivity index is 1.97. The molecule has 25 heavy (non-hydrogen) atoms. The van der Waals surface area contributed by atoms with Gasteiger partial charge in [-0.15, -0.1) is 11.3 Å². The summed E-state index contributed by atoms with van der Waals surface area (Å²) in [5, 5.41) is 4.49. The highest BCUT2D eigenvalue weighted by Crippen LogP contribution is 2.28. The fourth-order valence-electron chi connectivity index (χ4n) is 2.34. The van der Waals surface area contributed by atoms with Gasteiger partial charge in [-0.05, 0) is 36.1 Å². The van der Waals surface area contributed by atoms with E-state index in [4.69, 9.17) is 9.47 Å². The molecule has 1 heterocycles. The lowest BCUT2D eigenvalue weighted by Gasteiger charge is -2.21. The van der Waals surface area contributed by atoms with Crippen LogP contribution in [0.1, 0.15) is 22.2 Å². The second kappa shape index (κ2) is 9.08. The van der Waals surface area contributed by atoms with Crippen molar-refractivity contribution >= 4 is 23.2 Å². The molecule has 0 atom stereocenters. The standard InChI is InChI=1S/C18H22N2O4S/c1-4-20(12-13-7-8-14(23-2)15(10-13)24-3)17(21)11-19-18(22)16-6-5-9-25-16/h5-10H,4,11-12H2,1-3H3,(H,19,22). The average Bonchev–Trinajstić information content (AvgIpc) is 3.18. The molecule has 0 unspecified atom stereocenters. The Bertz CT molecular complexity index is 716. The van der Waals surface area contributed by atoms with Gasteiger partial charge in [0, 0.05) is 13.1 Å². The summed E-state index contributed by atoms with van der Waals surface area (Å²) in [6.07, 6.45) is 0. The molecule has 0 bridgehead atoms. The van der Waals surface area contributed by atoms with Crippen molar-refractivity contribution in [1.29, 1.82) is 0 Å². The van der Waals surface area contributed by atoms with Crippen LogP contribution in [-0.2, 0) is 11.3 Å². The van der Waals surface area contributed by atoms with Gasteiger partial charge in [-0.2, -0.15) is 0 Å². The highest BCUT2D eigenvalue weighted by atomic mass is 32.1. The monoisotopic (exact) mass is 362 g/mol. The lowest BCUT2D eigenvalue weighted by atomic mass is 10.2. The number of ether oxygens (including phenoxy) is 2. The van der Waals surface area contributed by atoms with Crippen molar-refractivity contribution in [2.45, 2.75) is 13.5 Å². The summed E-state index contributed by atoms with van der Waals surface area (Å²) in [5.41, 5.74) is 0.928. The van der Waals surface area contributed by atoms with Crippen molar-refractivity contribution in [3.63, 3.8) is 0 Å². The molecule has 0 aliphatic heterocycles. The van der Waals surface area contributed by atoms with E-state index in [0.717, 1.165) is 5.56 Å². The molecular formula is C18H22N2O4S. The van der Waals surface area contributed by atoms with E-state index in [1.165, 1.54) is 11.3 Å². The zero-order valence-electron chi connectivity index (χ0n) is 14.6. The van der Waals surface area contributed by atoms with Crippen LogP contribution in [0, 0.1) is 0 Å². The average molecular weight is 362 g/mol. The van der Waals surface area contributed by atoms with Crippen LogP contribution >= 0.6 is 11.3 Å². The molecular weight excluding hydrogens is 340 g/mol. The summed E-state index contributed by atoms with van der Waals surface area (Å²) >= 11 is 1.34. The first-order valence-electron chi connectivity index (χ1n) is 7.89. The number of hydrogen-bond donors (Lipinski definition) is 1. The zero-order chi connectivity index (χ0) is 18.2. The molecule has 1 N–H and O–H groups in total. The van der Waals surface area contributed by atoms with Gasteiger partial charge in [0.2, 0.25) is 5.91 Å². The summed E-state index contributed by atoms with van der Waals surface area (Å²) in [4.78, 5) is 26.6. The maximum atomic E-state index is 12.4. The van der Waals surface area contributed by atoms with Gasteiger partial charge in [0.1, 0.15) is 0 Å². The number of likely N-dealkylation sites (N-methyl/N-ethyl adjacent to an activating group) is 1. The minimum atomic E-state index is -0.231. The number of rotatable bonds is 8.